The predicted molar refractivity (Wildman–Crippen MR) is 144 cm³/mol. The summed E-state index contributed by atoms with van der Waals surface area (Å²) in [5.41, 5.74) is 3.64. The Morgan fingerprint density at radius 1 is 1.05 bits per heavy atom. The minimum absolute atomic E-state index is 0.0671. The lowest BCUT2D eigenvalue weighted by atomic mass is 9.52. The van der Waals surface area contributed by atoms with Crippen molar-refractivity contribution in [1.82, 2.24) is 25.4 Å². The molecule has 1 aromatic carbocycles. The van der Waals surface area contributed by atoms with Crippen LogP contribution >= 0.6 is 0 Å². The first-order chi connectivity index (χ1) is 17.9. The molecule has 4 fully saturated rings. The van der Waals surface area contributed by atoms with E-state index in [1.165, 1.54) is 32.1 Å². The summed E-state index contributed by atoms with van der Waals surface area (Å²) >= 11 is 0. The highest BCUT2D eigenvalue weighted by atomic mass is 16.2. The number of rotatable bonds is 8. The molecule has 4 aliphatic carbocycles. The van der Waals surface area contributed by atoms with E-state index in [2.05, 4.69) is 38.4 Å². The number of aromatic nitrogens is 3. The van der Waals surface area contributed by atoms with Crippen molar-refractivity contribution in [3.05, 3.63) is 75.8 Å². The highest BCUT2D eigenvalue weighted by Crippen LogP contribution is 2.56. The van der Waals surface area contributed by atoms with Crippen molar-refractivity contribution in [3.63, 3.8) is 0 Å². The minimum atomic E-state index is -0.325. The highest BCUT2D eigenvalue weighted by Gasteiger charge is 2.47. The molecule has 7 heteroatoms. The molecular formula is C30H37N5O2. The number of nitrogens with one attached hydrogen (secondary N) is 3. The standard InChI is InChI=1S/C30H37N5O2/c1-18(27-15-28(34-33-27)21-6-4-3-5-7-21)35(2)17-24-8-9-25(30(37)32-24)29(36)31-16-26-22-11-19-10-20(13-22)14-23(26)12-19/h3-9,15,18-20,22-23,26H,10-14,16-17H2,1-2H3,(H,31,36)(H,32,37)(H,33,34). The fraction of sp³-hybridized carbons (Fsp3) is 0.500. The fourth-order valence-electron chi connectivity index (χ4n) is 7.41. The summed E-state index contributed by atoms with van der Waals surface area (Å²) in [5.74, 6) is 3.68. The van der Waals surface area contributed by atoms with Crippen LogP contribution in [0.4, 0.5) is 0 Å². The molecule has 194 valence electrons. The van der Waals surface area contributed by atoms with Crippen molar-refractivity contribution in [2.45, 2.75) is 51.6 Å². The van der Waals surface area contributed by atoms with Crippen LogP contribution in [-0.4, -0.2) is 39.6 Å². The maximum Gasteiger partial charge on any atom is 0.261 e. The van der Waals surface area contributed by atoms with Gasteiger partial charge in [-0.05, 0) is 93.9 Å². The topological polar surface area (TPSA) is 93.9 Å². The van der Waals surface area contributed by atoms with Crippen molar-refractivity contribution in [2.24, 2.45) is 29.6 Å². The van der Waals surface area contributed by atoms with Crippen molar-refractivity contribution >= 4 is 5.91 Å². The third kappa shape index (κ3) is 4.89. The molecule has 4 bridgehead atoms. The second kappa shape index (κ2) is 9.93. The van der Waals surface area contributed by atoms with Gasteiger partial charge in [0, 0.05) is 30.4 Å². The van der Waals surface area contributed by atoms with Gasteiger partial charge in [0.1, 0.15) is 5.56 Å². The van der Waals surface area contributed by atoms with Crippen LogP contribution in [0.3, 0.4) is 0 Å². The van der Waals surface area contributed by atoms with Gasteiger partial charge in [0.25, 0.3) is 11.5 Å². The molecule has 1 atom stereocenters. The first-order valence-corrected chi connectivity index (χ1v) is 13.8. The Bertz CT molecular complexity index is 1280. The van der Waals surface area contributed by atoms with Gasteiger partial charge in [-0.15, -0.1) is 0 Å². The summed E-state index contributed by atoms with van der Waals surface area (Å²) in [6, 6.07) is 15.7. The number of nitrogens with zero attached hydrogens (tertiary/aromatic N) is 2. The fourth-order valence-corrected chi connectivity index (χ4v) is 7.41. The molecule has 2 heterocycles. The smallest absolute Gasteiger partial charge is 0.261 e. The van der Waals surface area contributed by atoms with Crippen LogP contribution in [0.2, 0.25) is 0 Å². The number of carbonyl (C=O) groups is 1. The number of pyridine rings is 1. The largest absolute Gasteiger partial charge is 0.352 e. The van der Waals surface area contributed by atoms with E-state index >= 15 is 0 Å². The third-order valence-corrected chi connectivity index (χ3v) is 9.33. The lowest BCUT2D eigenvalue weighted by Crippen LogP contribution is -2.49. The van der Waals surface area contributed by atoms with E-state index in [0.717, 1.165) is 46.3 Å². The van der Waals surface area contributed by atoms with Crippen molar-refractivity contribution in [3.8, 4) is 11.3 Å². The lowest BCUT2D eigenvalue weighted by molar-refractivity contribution is -0.0347. The summed E-state index contributed by atoms with van der Waals surface area (Å²) in [6.07, 6.45) is 6.77. The zero-order valence-corrected chi connectivity index (χ0v) is 21.7. The number of hydrogen-bond donors (Lipinski definition) is 3. The number of H-pyrrole nitrogens is 2. The van der Waals surface area contributed by atoms with Crippen LogP contribution < -0.4 is 10.9 Å². The van der Waals surface area contributed by atoms with Crippen LogP contribution in [0.1, 0.15) is 66.8 Å². The van der Waals surface area contributed by atoms with E-state index < -0.39 is 0 Å². The van der Waals surface area contributed by atoms with E-state index in [4.69, 9.17) is 0 Å². The maximum absolute atomic E-state index is 12.9. The average Bonchev–Trinajstić information content (AvgIpc) is 3.38. The van der Waals surface area contributed by atoms with Gasteiger partial charge in [-0.3, -0.25) is 19.6 Å². The van der Waals surface area contributed by atoms with Crippen molar-refractivity contribution in [2.75, 3.05) is 13.6 Å². The molecular weight excluding hydrogens is 462 g/mol. The molecule has 1 unspecified atom stereocenters. The Labute approximate surface area is 218 Å². The van der Waals surface area contributed by atoms with Crippen molar-refractivity contribution in [1.29, 1.82) is 0 Å². The van der Waals surface area contributed by atoms with E-state index in [1.807, 2.05) is 43.4 Å². The summed E-state index contributed by atoms with van der Waals surface area (Å²) in [7, 11) is 2.01. The summed E-state index contributed by atoms with van der Waals surface area (Å²) in [5, 5.41) is 10.7. The van der Waals surface area contributed by atoms with Crippen LogP contribution in [-0.2, 0) is 6.54 Å². The van der Waals surface area contributed by atoms with Gasteiger partial charge < -0.3 is 10.3 Å². The Morgan fingerprint density at radius 3 is 2.43 bits per heavy atom. The molecule has 4 saturated carbocycles. The zero-order chi connectivity index (χ0) is 25.5. The van der Waals surface area contributed by atoms with E-state index in [9.17, 15) is 9.59 Å². The molecule has 7 nitrogen and oxygen atoms in total. The molecule has 3 aromatic rings. The van der Waals surface area contributed by atoms with Crippen LogP contribution in [0.15, 0.2) is 53.3 Å². The Hall–Kier alpha value is -3.19. The predicted octanol–water partition coefficient (Wildman–Crippen LogP) is 4.76. The zero-order valence-electron chi connectivity index (χ0n) is 21.7. The summed E-state index contributed by atoms with van der Waals surface area (Å²) in [6.45, 7) is 3.35. The number of hydrogen-bond acceptors (Lipinski definition) is 4. The Balaban J connectivity index is 1.06. The van der Waals surface area contributed by atoms with E-state index in [-0.39, 0.29) is 23.1 Å². The Kier molecular flexibility index (Phi) is 6.49. The number of carbonyl (C=O) groups excluding carboxylic acids is 1. The number of aromatic amines is 2. The van der Waals surface area contributed by atoms with Crippen LogP contribution in [0.25, 0.3) is 11.3 Å². The lowest BCUT2D eigenvalue weighted by Gasteiger charge is -2.54. The van der Waals surface area contributed by atoms with Gasteiger partial charge in [0.15, 0.2) is 0 Å². The van der Waals surface area contributed by atoms with Crippen LogP contribution in [0, 0.1) is 29.6 Å². The molecule has 0 saturated heterocycles. The summed E-state index contributed by atoms with van der Waals surface area (Å²) in [4.78, 5) is 30.8. The molecule has 4 aliphatic rings. The van der Waals surface area contributed by atoms with E-state index in [1.54, 1.807) is 6.07 Å². The van der Waals surface area contributed by atoms with E-state index in [0.29, 0.717) is 19.0 Å². The normalized spacial score (nSPS) is 26.9. The average molecular weight is 500 g/mol. The molecule has 3 N–H and O–H groups in total. The Morgan fingerprint density at radius 2 is 1.76 bits per heavy atom. The monoisotopic (exact) mass is 499 g/mol. The SMILES string of the molecule is CC(c1cc(-c2ccccc2)n[nH]1)N(C)Cc1ccc(C(=O)NCC2C3CC4CC(C3)CC2C4)c(=O)[nH]1. The molecule has 37 heavy (non-hydrogen) atoms. The van der Waals surface area contributed by atoms with Gasteiger partial charge in [-0.25, -0.2) is 0 Å². The second-order valence-corrected chi connectivity index (χ2v) is 11.7. The van der Waals surface area contributed by atoms with Gasteiger partial charge in [-0.2, -0.15) is 5.10 Å². The molecule has 2 aromatic heterocycles. The van der Waals surface area contributed by atoms with Crippen LogP contribution in [0.5, 0.6) is 0 Å². The third-order valence-electron chi connectivity index (χ3n) is 9.33. The summed E-state index contributed by atoms with van der Waals surface area (Å²) < 4.78 is 0. The van der Waals surface area contributed by atoms with Gasteiger partial charge in [0.2, 0.25) is 0 Å². The molecule has 0 spiro atoms. The first-order valence-electron chi connectivity index (χ1n) is 13.8. The van der Waals surface area contributed by atoms with Gasteiger partial charge in [0.05, 0.1) is 11.4 Å². The minimum Gasteiger partial charge on any atom is -0.352 e. The molecule has 0 aliphatic heterocycles. The molecule has 0 radical (unpaired) electrons. The maximum atomic E-state index is 12.9. The number of benzene rings is 1. The first kappa shape index (κ1) is 24.2. The second-order valence-electron chi connectivity index (χ2n) is 11.7. The van der Waals surface area contributed by atoms with Crippen molar-refractivity contribution < 1.29 is 4.79 Å². The molecule has 7 rings (SSSR count). The quantitative estimate of drug-likeness (QED) is 0.417. The van der Waals surface area contributed by atoms with Gasteiger partial charge >= 0.3 is 0 Å². The molecule has 1 amide bonds. The van der Waals surface area contributed by atoms with Gasteiger partial charge in [-0.1, -0.05) is 30.3 Å². The highest BCUT2D eigenvalue weighted by molar-refractivity contribution is 5.93. The number of amides is 1.